The van der Waals surface area contributed by atoms with Crippen molar-refractivity contribution in [2.24, 2.45) is 0 Å². The lowest BCUT2D eigenvalue weighted by Crippen LogP contribution is -2.05. The van der Waals surface area contributed by atoms with Crippen LogP contribution >= 0.6 is 11.3 Å². The summed E-state index contributed by atoms with van der Waals surface area (Å²) in [5.74, 6) is -0.795. The highest BCUT2D eigenvalue weighted by atomic mass is 32.1. The molecule has 2 aromatic carbocycles. The summed E-state index contributed by atoms with van der Waals surface area (Å²) < 4.78 is 20.5. The number of carbonyl (C=O) groups is 2. The van der Waals surface area contributed by atoms with E-state index < -0.39 is 11.8 Å². The number of pyridine rings is 1. The maximum atomic E-state index is 14.0. The van der Waals surface area contributed by atoms with Crippen LogP contribution in [0.25, 0.3) is 10.2 Å². The molecule has 0 saturated heterocycles. The van der Waals surface area contributed by atoms with E-state index in [9.17, 15) is 19.1 Å². The number of rotatable bonds is 6. The predicted octanol–water partition coefficient (Wildman–Crippen LogP) is 5.66. The van der Waals surface area contributed by atoms with E-state index in [0.717, 1.165) is 16.9 Å². The minimum atomic E-state index is -1.03. The first-order valence-electron chi connectivity index (χ1n) is 9.09. The molecule has 0 unspecified atom stereocenters. The fourth-order valence-corrected chi connectivity index (χ4v) is 3.98. The lowest BCUT2D eigenvalue weighted by Gasteiger charge is -2.09. The van der Waals surface area contributed by atoms with Gasteiger partial charge in [0.05, 0.1) is 10.2 Å². The van der Waals surface area contributed by atoms with Gasteiger partial charge >= 0.3 is 5.97 Å². The Balaban J connectivity index is 1.59. The molecule has 0 spiro atoms. The molecule has 0 aliphatic heterocycles. The van der Waals surface area contributed by atoms with Gasteiger partial charge in [-0.05, 0) is 36.8 Å². The van der Waals surface area contributed by atoms with Gasteiger partial charge in [0.2, 0.25) is 0 Å². The third kappa shape index (κ3) is 4.06. The number of fused-ring (bicyclic) bond motifs is 1. The summed E-state index contributed by atoms with van der Waals surface area (Å²) >= 11 is 1.07. The molecule has 0 aliphatic carbocycles. The van der Waals surface area contributed by atoms with Crippen molar-refractivity contribution in [1.82, 2.24) is 4.98 Å². The molecule has 4 aromatic rings. The average Bonchev–Trinajstić information content (AvgIpc) is 3.17. The SMILES string of the molecule is Cc1ccc(F)c(CC(=O)c2cccc(Oc3ccnc4cc(C(=O)O)sc34)c2)c1. The van der Waals surface area contributed by atoms with Crippen LogP contribution in [0.15, 0.2) is 60.8 Å². The van der Waals surface area contributed by atoms with E-state index in [0.29, 0.717) is 32.8 Å². The largest absolute Gasteiger partial charge is 0.477 e. The molecule has 5 nitrogen and oxygen atoms in total. The molecule has 2 aromatic heterocycles. The Kier molecular flexibility index (Phi) is 5.29. The van der Waals surface area contributed by atoms with Gasteiger partial charge in [-0.3, -0.25) is 9.78 Å². The molecule has 0 saturated carbocycles. The van der Waals surface area contributed by atoms with Crippen molar-refractivity contribution >= 4 is 33.3 Å². The number of ketones is 1. The smallest absolute Gasteiger partial charge is 0.345 e. The van der Waals surface area contributed by atoms with E-state index in [1.54, 1.807) is 42.5 Å². The van der Waals surface area contributed by atoms with Gasteiger partial charge in [-0.25, -0.2) is 9.18 Å². The molecule has 0 amide bonds. The number of carboxylic acids is 1. The lowest BCUT2D eigenvalue weighted by molar-refractivity contribution is 0.0702. The van der Waals surface area contributed by atoms with E-state index in [1.165, 1.54) is 18.3 Å². The first kappa shape index (κ1) is 19.7. The lowest BCUT2D eigenvalue weighted by atomic mass is 10.0. The molecule has 150 valence electrons. The van der Waals surface area contributed by atoms with Gasteiger partial charge in [0.15, 0.2) is 5.78 Å². The van der Waals surface area contributed by atoms with Gasteiger partial charge in [0.25, 0.3) is 0 Å². The number of hydrogen-bond acceptors (Lipinski definition) is 5. The quantitative estimate of drug-likeness (QED) is 0.407. The summed E-state index contributed by atoms with van der Waals surface area (Å²) in [6.07, 6.45) is 1.48. The van der Waals surface area contributed by atoms with Gasteiger partial charge in [0, 0.05) is 24.2 Å². The molecule has 0 aliphatic rings. The van der Waals surface area contributed by atoms with Crippen molar-refractivity contribution in [1.29, 1.82) is 0 Å². The van der Waals surface area contributed by atoms with Crippen molar-refractivity contribution in [3.05, 3.63) is 88.2 Å². The number of benzene rings is 2. The van der Waals surface area contributed by atoms with Crippen LogP contribution in [0.3, 0.4) is 0 Å². The molecule has 0 bridgehead atoms. The number of aromatic carboxylic acids is 1. The number of carboxylic acid groups (broad SMARTS) is 1. The number of thiophene rings is 1. The number of aromatic nitrogens is 1. The van der Waals surface area contributed by atoms with Gasteiger partial charge in [-0.1, -0.05) is 29.8 Å². The Hall–Kier alpha value is -3.58. The first-order chi connectivity index (χ1) is 14.4. The predicted molar refractivity (Wildman–Crippen MR) is 112 cm³/mol. The van der Waals surface area contributed by atoms with Crippen molar-refractivity contribution in [2.45, 2.75) is 13.3 Å². The normalized spacial score (nSPS) is 10.9. The summed E-state index contributed by atoms with van der Waals surface area (Å²) in [5, 5.41) is 9.20. The van der Waals surface area contributed by atoms with E-state index in [4.69, 9.17) is 4.74 Å². The molecular formula is C23H16FNO4S. The fraction of sp³-hybridized carbons (Fsp3) is 0.0870. The number of aryl methyl sites for hydroxylation is 1. The molecule has 30 heavy (non-hydrogen) atoms. The zero-order chi connectivity index (χ0) is 21.3. The van der Waals surface area contributed by atoms with E-state index in [2.05, 4.69) is 4.98 Å². The molecule has 1 N–H and O–H groups in total. The number of nitrogens with zero attached hydrogens (tertiary/aromatic N) is 1. The second-order valence-electron chi connectivity index (χ2n) is 6.76. The van der Waals surface area contributed by atoms with E-state index in [1.807, 2.05) is 6.92 Å². The molecule has 0 atom stereocenters. The Morgan fingerprint density at radius 2 is 1.97 bits per heavy atom. The monoisotopic (exact) mass is 421 g/mol. The van der Waals surface area contributed by atoms with Gasteiger partial charge in [-0.2, -0.15) is 0 Å². The topological polar surface area (TPSA) is 76.5 Å². The molecule has 7 heteroatoms. The maximum Gasteiger partial charge on any atom is 0.345 e. The van der Waals surface area contributed by atoms with Crippen molar-refractivity contribution in [3.63, 3.8) is 0 Å². The molecular weight excluding hydrogens is 405 g/mol. The fourth-order valence-electron chi connectivity index (χ4n) is 3.07. The van der Waals surface area contributed by atoms with Crippen molar-refractivity contribution in [3.8, 4) is 11.5 Å². The number of carbonyl (C=O) groups excluding carboxylic acids is 1. The molecule has 0 radical (unpaired) electrons. The van der Waals surface area contributed by atoms with Crippen molar-refractivity contribution < 1.29 is 23.8 Å². The van der Waals surface area contributed by atoms with Gasteiger partial charge in [0.1, 0.15) is 22.2 Å². The third-order valence-corrected chi connectivity index (χ3v) is 5.65. The second kappa shape index (κ2) is 8.04. The Bertz CT molecular complexity index is 1280. The number of ether oxygens (including phenoxy) is 1. The van der Waals surface area contributed by atoms with Crippen molar-refractivity contribution in [2.75, 3.05) is 0 Å². The first-order valence-corrected chi connectivity index (χ1v) is 9.90. The second-order valence-corrected chi connectivity index (χ2v) is 7.82. The number of hydrogen-bond donors (Lipinski definition) is 1. The minimum absolute atomic E-state index is 0.0522. The van der Waals surface area contributed by atoms with E-state index in [-0.39, 0.29) is 17.1 Å². The van der Waals surface area contributed by atoms with Gasteiger partial charge < -0.3 is 9.84 Å². The Morgan fingerprint density at radius 3 is 2.77 bits per heavy atom. The summed E-state index contributed by atoms with van der Waals surface area (Å²) in [4.78, 5) is 28.2. The van der Waals surface area contributed by atoms with Crippen LogP contribution < -0.4 is 4.74 Å². The van der Waals surface area contributed by atoms with Gasteiger partial charge in [-0.15, -0.1) is 11.3 Å². The highest BCUT2D eigenvalue weighted by molar-refractivity contribution is 7.21. The number of halogens is 1. The maximum absolute atomic E-state index is 14.0. The van der Waals surface area contributed by atoms with Crippen LogP contribution in [0, 0.1) is 12.7 Å². The van der Waals surface area contributed by atoms with Crippen LogP contribution in [-0.2, 0) is 6.42 Å². The summed E-state index contributed by atoms with van der Waals surface area (Å²) in [6.45, 7) is 1.84. The Morgan fingerprint density at radius 1 is 1.13 bits per heavy atom. The highest BCUT2D eigenvalue weighted by Crippen LogP contribution is 2.35. The van der Waals surface area contributed by atoms with Crippen LogP contribution in [0.5, 0.6) is 11.5 Å². The summed E-state index contributed by atoms with van der Waals surface area (Å²) in [5.41, 5.74) is 2.16. The van der Waals surface area contributed by atoms with Crippen LogP contribution in [0.4, 0.5) is 4.39 Å². The third-order valence-electron chi connectivity index (χ3n) is 4.52. The molecule has 0 fully saturated rings. The van der Waals surface area contributed by atoms with Crippen LogP contribution in [0.1, 0.15) is 31.2 Å². The van der Waals surface area contributed by atoms with E-state index >= 15 is 0 Å². The summed E-state index contributed by atoms with van der Waals surface area (Å²) in [6, 6.07) is 14.4. The van der Waals surface area contributed by atoms with Crippen LogP contribution in [0.2, 0.25) is 0 Å². The summed E-state index contributed by atoms with van der Waals surface area (Å²) in [7, 11) is 0. The van der Waals surface area contributed by atoms with Crippen LogP contribution in [-0.4, -0.2) is 21.8 Å². The zero-order valence-corrected chi connectivity index (χ0v) is 16.7. The highest BCUT2D eigenvalue weighted by Gasteiger charge is 2.15. The zero-order valence-electron chi connectivity index (χ0n) is 15.9. The molecule has 2 heterocycles. The number of Topliss-reactive ketones (excluding diaryl/α,β-unsaturated/α-hetero) is 1. The Labute approximate surface area is 175 Å². The average molecular weight is 421 g/mol. The molecule has 4 rings (SSSR count). The standard InChI is InChI=1S/C23H16FNO4S/c1-13-5-6-17(24)15(9-13)11-19(26)14-3-2-4-16(10-14)29-20-7-8-25-18-12-21(23(27)28)30-22(18)20/h2-10,12H,11H2,1H3,(H,27,28). The minimum Gasteiger partial charge on any atom is -0.477 e.